The molecule has 2 rings (SSSR count). The zero-order valence-electron chi connectivity index (χ0n) is 11.5. The van der Waals surface area contributed by atoms with Crippen molar-refractivity contribution in [1.29, 1.82) is 0 Å². The van der Waals surface area contributed by atoms with Gasteiger partial charge in [0.2, 0.25) is 5.91 Å². The van der Waals surface area contributed by atoms with Crippen molar-refractivity contribution < 1.29 is 4.79 Å². The molecule has 19 heavy (non-hydrogen) atoms. The third kappa shape index (κ3) is 3.48. The Kier molecular flexibility index (Phi) is 4.83. The van der Waals surface area contributed by atoms with Crippen molar-refractivity contribution in [2.24, 2.45) is 0 Å². The molecule has 4 heteroatoms. The van der Waals surface area contributed by atoms with E-state index in [1.54, 1.807) is 0 Å². The average molecular weight is 281 g/mol. The molecule has 3 nitrogen and oxygen atoms in total. The molecule has 1 aliphatic rings. The largest absolute Gasteiger partial charge is 0.338 e. The van der Waals surface area contributed by atoms with Gasteiger partial charge in [0, 0.05) is 12.1 Å². The van der Waals surface area contributed by atoms with Crippen molar-refractivity contribution >= 4 is 17.5 Å². The Bertz CT molecular complexity index is 444. The molecule has 1 N–H and O–H groups in total. The number of carbonyl (C=O) groups excluding carboxylic acids is 1. The normalized spacial score (nSPS) is 20.9. The summed E-state index contributed by atoms with van der Waals surface area (Å²) >= 11 is 6.01. The summed E-state index contributed by atoms with van der Waals surface area (Å²) in [7, 11) is 1.87. The predicted molar refractivity (Wildman–Crippen MR) is 78.3 cm³/mol. The van der Waals surface area contributed by atoms with E-state index in [9.17, 15) is 4.79 Å². The van der Waals surface area contributed by atoms with Gasteiger partial charge >= 0.3 is 0 Å². The van der Waals surface area contributed by atoms with Crippen molar-refractivity contribution in [3.63, 3.8) is 0 Å². The second-order valence-corrected chi connectivity index (χ2v) is 5.62. The molecule has 1 heterocycles. The Morgan fingerprint density at radius 1 is 1.47 bits per heavy atom. The van der Waals surface area contributed by atoms with Gasteiger partial charge in [0.05, 0.1) is 12.1 Å². The molecular weight excluding hydrogens is 260 g/mol. The van der Waals surface area contributed by atoms with E-state index >= 15 is 0 Å². The van der Waals surface area contributed by atoms with E-state index < -0.39 is 0 Å². The Balaban J connectivity index is 2.05. The van der Waals surface area contributed by atoms with Crippen LogP contribution in [0, 0.1) is 0 Å². The smallest absolute Gasteiger partial charge is 0.239 e. The minimum atomic E-state index is -0.0274. The number of likely N-dealkylation sites (N-methyl/N-ethyl adjacent to an activating group) is 1. The number of benzene rings is 1. The van der Waals surface area contributed by atoms with Crippen LogP contribution in [0.5, 0.6) is 0 Å². The summed E-state index contributed by atoms with van der Waals surface area (Å²) in [6.45, 7) is 2.97. The van der Waals surface area contributed by atoms with Crippen molar-refractivity contribution in [2.45, 2.75) is 38.3 Å². The number of nitrogens with zero attached hydrogens (tertiary/aromatic N) is 1. The van der Waals surface area contributed by atoms with Crippen LogP contribution in [-0.4, -0.2) is 30.4 Å². The zero-order chi connectivity index (χ0) is 13.8. The highest BCUT2D eigenvalue weighted by Crippen LogP contribution is 2.23. The highest BCUT2D eigenvalue weighted by molar-refractivity contribution is 6.30. The van der Waals surface area contributed by atoms with Gasteiger partial charge in [-0.1, -0.05) is 30.2 Å². The van der Waals surface area contributed by atoms with Crippen molar-refractivity contribution in [3.05, 3.63) is 34.9 Å². The van der Waals surface area contributed by atoms with Crippen LogP contribution in [0.25, 0.3) is 0 Å². The van der Waals surface area contributed by atoms with Gasteiger partial charge in [0.15, 0.2) is 0 Å². The highest BCUT2D eigenvalue weighted by atomic mass is 35.5. The van der Waals surface area contributed by atoms with Crippen LogP contribution in [-0.2, 0) is 4.79 Å². The van der Waals surface area contributed by atoms with E-state index in [-0.39, 0.29) is 18.0 Å². The summed E-state index contributed by atoms with van der Waals surface area (Å²) in [4.78, 5) is 14.2. The third-order valence-corrected chi connectivity index (χ3v) is 4.10. The molecule has 0 aromatic heterocycles. The number of rotatable bonds is 3. The van der Waals surface area contributed by atoms with Crippen LogP contribution in [0.2, 0.25) is 5.02 Å². The van der Waals surface area contributed by atoms with Crippen molar-refractivity contribution in [3.8, 4) is 0 Å². The van der Waals surface area contributed by atoms with Gasteiger partial charge in [-0.25, -0.2) is 0 Å². The Hall–Kier alpha value is -1.06. The van der Waals surface area contributed by atoms with E-state index in [0.717, 1.165) is 31.4 Å². The quantitative estimate of drug-likeness (QED) is 0.923. The summed E-state index contributed by atoms with van der Waals surface area (Å²) in [5.74, 6) is 0.173. The lowest BCUT2D eigenvalue weighted by atomic mass is 10.0. The molecule has 2 atom stereocenters. The number of carbonyl (C=O) groups is 1. The molecule has 1 unspecified atom stereocenters. The van der Waals surface area contributed by atoms with Crippen molar-refractivity contribution in [1.82, 2.24) is 10.2 Å². The molecular formula is C15H21ClN2O. The highest BCUT2D eigenvalue weighted by Gasteiger charge is 2.26. The molecule has 0 saturated carbocycles. The van der Waals surface area contributed by atoms with Gasteiger partial charge < -0.3 is 10.2 Å². The lowest BCUT2D eigenvalue weighted by Crippen LogP contribution is -2.47. The van der Waals surface area contributed by atoms with Gasteiger partial charge in [-0.2, -0.15) is 0 Å². The summed E-state index contributed by atoms with van der Waals surface area (Å²) in [5, 5.41) is 4.01. The maximum absolute atomic E-state index is 12.4. The fourth-order valence-corrected chi connectivity index (χ4v) is 2.69. The van der Waals surface area contributed by atoms with Gasteiger partial charge in [0.25, 0.3) is 0 Å². The van der Waals surface area contributed by atoms with E-state index in [1.807, 2.05) is 43.1 Å². The number of halogens is 1. The van der Waals surface area contributed by atoms with E-state index in [1.165, 1.54) is 0 Å². The number of piperidine rings is 1. The molecule has 0 bridgehead atoms. The summed E-state index contributed by atoms with van der Waals surface area (Å²) in [6, 6.07) is 7.71. The average Bonchev–Trinajstić information content (AvgIpc) is 2.46. The predicted octanol–water partition coefficient (Wildman–Crippen LogP) is 3.00. The first-order valence-electron chi connectivity index (χ1n) is 6.85. The van der Waals surface area contributed by atoms with E-state index in [0.29, 0.717) is 5.02 Å². The molecule has 1 amide bonds. The Morgan fingerprint density at radius 2 is 2.26 bits per heavy atom. The van der Waals surface area contributed by atoms with E-state index in [4.69, 9.17) is 11.6 Å². The van der Waals surface area contributed by atoms with Gasteiger partial charge in [-0.15, -0.1) is 0 Å². The second kappa shape index (κ2) is 6.40. The minimum Gasteiger partial charge on any atom is -0.338 e. The summed E-state index contributed by atoms with van der Waals surface area (Å²) in [5.41, 5.74) is 1.07. The van der Waals surface area contributed by atoms with Crippen LogP contribution in [0.1, 0.15) is 37.8 Å². The first-order valence-corrected chi connectivity index (χ1v) is 7.23. The minimum absolute atomic E-state index is 0.0274. The van der Waals surface area contributed by atoms with Crippen LogP contribution in [0.3, 0.4) is 0 Å². The topological polar surface area (TPSA) is 32.3 Å². The third-order valence-electron chi connectivity index (χ3n) is 3.87. The van der Waals surface area contributed by atoms with Gasteiger partial charge in [0.1, 0.15) is 0 Å². The second-order valence-electron chi connectivity index (χ2n) is 5.18. The molecule has 1 aromatic carbocycles. The Morgan fingerprint density at radius 3 is 2.89 bits per heavy atom. The van der Waals surface area contributed by atoms with Crippen molar-refractivity contribution in [2.75, 3.05) is 13.6 Å². The first kappa shape index (κ1) is 14.4. The summed E-state index contributed by atoms with van der Waals surface area (Å²) < 4.78 is 0. The fraction of sp³-hybridized carbons (Fsp3) is 0.533. The molecule has 1 fully saturated rings. The SMILES string of the molecule is CC(c1cccc(Cl)c1)N(C)C(=O)[C@H]1CCCCN1. The van der Waals surface area contributed by atoms with Crippen LogP contribution >= 0.6 is 11.6 Å². The van der Waals surface area contributed by atoms with Gasteiger partial charge in [-0.3, -0.25) is 4.79 Å². The maximum atomic E-state index is 12.4. The van der Waals surface area contributed by atoms with Crippen LogP contribution < -0.4 is 5.32 Å². The number of hydrogen-bond acceptors (Lipinski definition) is 2. The zero-order valence-corrected chi connectivity index (χ0v) is 12.3. The number of nitrogens with one attached hydrogen (secondary N) is 1. The molecule has 0 spiro atoms. The number of hydrogen-bond donors (Lipinski definition) is 1. The molecule has 1 saturated heterocycles. The summed E-state index contributed by atoms with van der Waals surface area (Å²) in [6.07, 6.45) is 3.23. The molecule has 0 radical (unpaired) electrons. The lowest BCUT2D eigenvalue weighted by molar-refractivity contribution is -0.134. The first-order chi connectivity index (χ1) is 9.09. The van der Waals surface area contributed by atoms with Crippen LogP contribution in [0.15, 0.2) is 24.3 Å². The number of amides is 1. The molecule has 0 aliphatic carbocycles. The van der Waals surface area contributed by atoms with E-state index in [2.05, 4.69) is 5.32 Å². The monoisotopic (exact) mass is 280 g/mol. The van der Waals surface area contributed by atoms with Crippen LogP contribution in [0.4, 0.5) is 0 Å². The standard InChI is InChI=1S/C15H21ClN2O/c1-11(12-6-5-7-13(16)10-12)18(2)15(19)14-8-3-4-9-17-14/h5-7,10-11,14,17H,3-4,8-9H2,1-2H3/t11?,14-/m1/s1. The molecule has 1 aliphatic heterocycles. The van der Waals surface area contributed by atoms with Gasteiger partial charge in [-0.05, 0) is 44.0 Å². The maximum Gasteiger partial charge on any atom is 0.239 e. The Labute approximate surface area is 119 Å². The molecule has 104 valence electrons. The fourth-order valence-electron chi connectivity index (χ4n) is 2.49. The lowest BCUT2D eigenvalue weighted by Gasteiger charge is -2.31. The molecule has 1 aromatic rings.